The number of phenols is 1. The number of amides is 2. The van der Waals surface area contributed by atoms with Crippen molar-refractivity contribution in [3.8, 4) is 11.5 Å². The molecule has 7 heteroatoms. The summed E-state index contributed by atoms with van der Waals surface area (Å²) in [5, 5.41) is 11.7. The van der Waals surface area contributed by atoms with Gasteiger partial charge in [-0.1, -0.05) is 82.7 Å². The van der Waals surface area contributed by atoms with E-state index in [1.54, 1.807) is 42.5 Å². The third kappa shape index (κ3) is 3.51. The standard InChI is InChI=1S/C29H23BrClNO4/c1-3-17-12-13-23-27(34)32(21-11-7-10-20(31)16-21)28(35)29(23,18-8-5-4-6-9-18)25(17)22-14-19(30)15-24(36-2)26(22)33/h3-12,14-16,23,25,33H,1,13H2,2H3/t23-,25+,29+/m0/s1. The van der Waals surface area contributed by atoms with Crippen molar-refractivity contribution < 1.29 is 19.4 Å². The number of rotatable bonds is 5. The van der Waals surface area contributed by atoms with Crippen LogP contribution in [0.15, 0.2) is 95.5 Å². The van der Waals surface area contributed by atoms with E-state index in [1.165, 1.54) is 12.0 Å². The average molecular weight is 565 g/mol. The largest absolute Gasteiger partial charge is 0.504 e. The van der Waals surface area contributed by atoms with Crippen LogP contribution < -0.4 is 9.64 Å². The van der Waals surface area contributed by atoms with Crippen LogP contribution in [0.2, 0.25) is 5.02 Å². The monoisotopic (exact) mass is 563 g/mol. The zero-order valence-corrected chi connectivity index (χ0v) is 21.8. The molecule has 3 aromatic carbocycles. The number of allylic oxidation sites excluding steroid dienone is 3. The lowest BCUT2D eigenvalue weighted by molar-refractivity contribution is -0.123. The molecule has 1 heterocycles. The van der Waals surface area contributed by atoms with E-state index < -0.39 is 17.3 Å². The number of anilines is 1. The molecule has 1 fully saturated rings. The fraction of sp³-hybridized carbons (Fsp3) is 0.172. The number of carbonyl (C=O) groups excluding carboxylic acids is 2. The first kappa shape index (κ1) is 24.3. The van der Waals surface area contributed by atoms with Gasteiger partial charge in [-0.25, -0.2) is 4.90 Å². The third-order valence-corrected chi connectivity index (χ3v) is 7.85. The number of ether oxygens (including phenoxy) is 1. The first-order valence-electron chi connectivity index (χ1n) is 11.4. The molecule has 0 saturated carbocycles. The summed E-state index contributed by atoms with van der Waals surface area (Å²) in [5.41, 5.74) is 0.989. The van der Waals surface area contributed by atoms with E-state index in [0.717, 1.165) is 5.57 Å². The number of fused-ring (bicyclic) bond motifs is 1. The van der Waals surface area contributed by atoms with Crippen molar-refractivity contribution in [2.45, 2.75) is 17.8 Å². The lowest BCUT2D eigenvalue weighted by atomic mass is 9.56. The summed E-state index contributed by atoms with van der Waals surface area (Å²) in [7, 11) is 1.47. The second-order valence-corrected chi connectivity index (χ2v) is 10.2. The Balaban J connectivity index is 1.85. The minimum absolute atomic E-state index is 0.0872. The zero-order valence-electron chi connectivity index (χ0n) is 19.4. The number of aromatic hydroxyl groups is 1. The highest BCUT2D eigenvalue weighted by Gasteiger charge is 2.66. The van der Waals surface area contributed by atoms with Gasteiger partial charge in [-0.2, -0.15) is 0 Å². The molecule has 36 heavy (non-hydrogen) atoms. The van der Waals surface area contributed by atoms with Crippen molar-refractivity contribution in [1.82, 2.24) is 0 Å². The number of carbonyl (C=O) groups is 2. The molecule has 1 aliphatic carbocycles. The van der Waals surface area contributed by atoms with Crippen molar-refractivity contribution >= 4 is 45.0 Å². The van der Waals surface area contributed by atoms with Crippen molar-refractivity contribution in [3.05, 3.63) is 112 Å². The lowest BCUT2D eigenvalue weighted by Crippen LogP contribution is -2.48. The number of halogens is 2. The van der Waals surface area contributed by atoms with Gasteiger partial charge in [0.1, 0.15) is 0 Å². The quantitative estimate of drug-likeness (QED) is 0.357. The Morgan fingerprint density at radius 2 is 1.89 bits per heavy atom. The molecule has 1 N–H and O–H groups in total. The molecule has 0 unspecified atom stereocenters. The van der Waals surface area contributed by atoms with Gasteiger partial charge in [0.05, 0.1) is 24.1 Å². The van der Waals surface area contributed by atoms with Crippen LogP contribution in [-0.2, 0) is 15.0 Å². The average Bonchev–Trinajstić information content (AvgIpc) is 3.12. The van der Waals surface area contributed by atoms with Gasteiger partial charge in [-0.05, 0) is 47.9 Å². The second-order valence-electron chi connectivity index (χ2n) is 8.87. The highest BCUT2D eigenvalue weighted by Crippen LogP contribution is 2.60. The van der Waals surface area contributed by atoms with Gasteiger partial charge < -0.3 is 9.84 Å². The first-order valence-corrected chi connectivity index (χ1v) is 12.6. The maximum Gasteiger partial charge on any atom is 0.246 e. The molecule has 0 bridgehead atoms. The summed E-state index contributed by atoms with van der Waals surface area (Å²) >= 11 is 9.75. The van der Waals surface area contributed by atoms with Crippen molar-refractivity contribution in [2.24, 2.45) is 5.92 Å². The van der Waals surface area contributed by atoms with Crippen LogP contribution in [0.4, 0.5) is 5.69 Å². The van der Waals surface area contributed by atoms with Crippen molar-refractivity contribution in [3.63, 3.8) is 0 Å². The van der Waals surface area contributed by atoms with Gasteiger partial charge in [0.2, 0.25) is 11.8 Å². The molecule has 5 rings (SSSR count). The summed E-state index contributed by atoms with van der Waals surface area (Å²) in [5.74, 6) is -1.92. The number of nitrogens with zero attached hydrogens (tertiary/aromatic N) is 1. The van der Waals surface area contributed by atoms with Gasteiger partial charge in [0.15, 0.2) is 11.5 Å². The molecule has 182 valence electrons. The molecule has 1 aliphatic heterocycles. The Hall–Kier alpha value is -3.35. The summed E-state index contributed by atoms with van der Waals surface area (Å²) in [6.45, 7) is 4.01. The van der Waals surface area contributed by atoms with E-state index in [2.05, 4.69) is 22.5 Å². The number of hydrogen-bond acceptors (Lipinski definition) is 4. The Bertz CT molecular complexity index is 1420. The van der Waals surface area contributed by atoms with Crippen LogP contribution >= 0.6 is 27.5 Å². The molecule has 0 aromatic heterocycles. The van der Waals surface area contributed by atoms with Crippen molar-refractivity contribution in [2.75, 3.05) is 12.0 Å². The minimum Gasteiger partial charge on any atom is -0.504 e. The van der Waals surface area contributed by atoms with Crippen LogP contribution in [-0.4, -0.2) is 24.0 Å². The lowest BCUT2D eigenvalue weighted by Gasteiger charge is -2.43. The predicted molar refractivity (Wildman–Crippen MR) is 144 cm³/mol. The van der Waals surface area contributed by atoms with E-state index >= 15 is 0 Å². The van der Waals surface area contributed by atoms with Gasteiger partial charge in [-0.15, -0.1) is 0 Å². The van der Waals surface area contributed by atoms with E-state index in [9.17, 15) is 14.7 Å². The van der Waals surface area contributed by atoms with Gasteiger partial charge in [-0.3, -0.25) is 9.59 Å². The van der Waals surface area contributed by atoms with Gasteiger partial charge >= 0.3 is 0 Å². The minimum atomic E-state index is -1.33. The summed E-state index contributed by atoms with van der Waals surface area (Å²) < 4.78 is 6.10. The normalized spacial score (nSPS) is 23.3. The molecule has 1 saturated heterocycles. The number of methoxy groups -OCH3 is 1. The number of imide groups is 1. The van der Waals surface area contributed by atoms with E-state index in [0.29, 0.717) is 32.7 Å². The smallest absolute Gasteiger partial charge is 0.246 e. The number of phenolic OH excluding ortho intramolecular Hbond substituents is 1. The van der Waals surface area contributed by atoms with Gasteiger partial charge in [0.25, 0.3) is 0 Å². The molecule has 0 spiro atoms. The van der Waals surface area contributed by atoms with Crippen LogP contribution in [0.25, 0.3) is 0 Å². The molecule has 3 aromatic rings. The van der Waals surface area contributed by atoms with Crippen LogP contribution in [0.1, 0.15) is 23.5 Å². The number of benzene rings is 3. The van der Waals surface area contributed by atoms with Crippen molar-refractivity contribution in [1.29, 1.82) is 0 Å². The SMILES string of the molecule is C=CC1=CC[C@H]2C(=O)N(c3cccc(Cl)c3)C(=O)[C@@]2(c2ccccc2)[C@H]1c1cc(Br)cc(OC)c1O. The first-order chi connectivity index (χ1) is 17.3. The molecule has 2 aliphatic rings. The maximum atomic E-state index is 14.7. The summed E-state index contributed by atoms with van der Waals surface area (Å²) in [4.78, 5) is 29.9. The Morgan fingerprint density at radius 3 is 2.56 bits per heavy atom. The molecular formula is C29H23BrClNO4. The van der Waals surface area contributed by atoms with Crippen LogP contribution in [0, 0.1) is 5.92 Å². The molecule has 0 radical (unpaired) electrons. The molecular weight excluding hydrogens is 542 g/mol. The topological polar surface area (TPSA) is 66.8 Å². The zero-order chi connectivity index (χ0) is 25.6. The fourth-order valence-electron chi connectivity index (χ4n) is 5.69. The Morgan fingerprint density at radius 1 is 1.14 bits per heavy atom. The van der Waals surface area contributed by atoms with Crippen LogP contribution in [0.3, 0.4) is 0 Å². The molecule has 3 atom stereocenters. The number of hydrogen-bond donors (Lipinski definition) is 1. The highest BCUT2D eigenvalue weighted by molar-refractivity contribution is 9.10. The molecule has 2 amide bonds. The Labute approximate surface area is 222 Å². The van der Waals surface area contributed by atoms with E-state index in [1.807, 2.05) is 36.4 Å². The van der Waals surface area contributed by atoms with E-state index in [4.69, 9.17) is 16.3 Å². The van der Waals surface area contributed by atoms with Gasteiger partial charge in [0, 0.05) is 21.0 Å². The summed E-state index contributed by atoms with van der Waals surface area (Å²) in [6, 6.07) is 19.5. The maximum absolute atomic E-state index is 14.7. The predicted octanol–water partition coefficient (Wildman–Crippen LogP) is 6.54. The third-order valence-electron chi connectivity index (χ3n) is 7.16. The van der Waals surface area contributed by atoms with E-state index in [-0.39, 0.29) is 23.3 Å². The highest BCUT2D eigenvalue weighted by atomic mass is 79.9. The van der Waals surface area contributed by atoms with Crippen LogP contribution in [0.5, 0.6) is 11.5 Å². The summed E-state index contributed by atoms with van der Waals surface area (Å²) in [6.07, 6.45) is 3.97. The second kappa shape index (κ2) is 9.26. The fourth-order valence-corrected chi connectivity index (χ4v) is 6.33. The molecule has 5 nitrogen and oxygen atoms in total. The Kier molecular flexibility index (Phi) is 6.27.